The van der Waals surface area contributed by atoms with Crippen LogP contribution in [0.15, 0.2) is 29.2 Å². The zero-order valence-electron chi connectivity index (χ0n) is 12.0. The zero-order valence-corrected chi connectivity index (χ0v) is 14.1. The molecule has 0 aliphatic carbocycles. The summed E-state index contributed by atoms with van der Waals surface area (Å²) in [6.45, 7) is 2.68. The molecule has 22 heavy (non-hydrogen) atoms. The van der Waals surface area contributed by atoms with Gasteiger partial charge in [0.15, 0.2) is 5.43 Å². The molecule has 0 atom stereocenters. The van der Waals surface area contributed by atoms with Gasteiger partial charge in [0.1, 0.15) is 0 Å². The number of benzene rings is 1. The van der Waals surface area contributed by atoms with Gasteiger partial charge in [-0.2, -0.15) is 0 Å². The van der Waals surface area contributed by atoms with Gasteiger partial charge in [-0.25, -0.2) is 0 Å². The molecule has 1 aliphatic rings. The molecular formula is C16H16IN2O3-. The van der Waals surface area contributed by atoms with Crippen molar-refractivity contribution in [3.05, 3.63) is 43.8 Å². The van der Waals surface area contributed by atoms with Gasteiger partial charge in [-0.3, -0.25) is 4.79 Å². The summed E-state index contributed by atoms with van der Waals surface area (Å²) in [6.07, 6.45) is 3.55. The molecule has 1 aromatic carbocycles. The third-order valence-electron chi connectivity index (χ3n) is 4.18. The highest BCUT2D eigenvalue weighted by Crippen LogP contribution is 2.20. The van der Waals surface area contributed by atoms with Crippen molar-refractivity contribution in [3.63, 3.8) is 0 Å². The Morgan fingerprint density at radius 3 is 2.77 bits per heavy atom. The van der Waals surface area contributed by atoms with Crippen LogP contribution in [0, 0.1) is 9.49 Å². The number of aromatic nitrogens is 1. The number of hydrogen-bond donors (Lipinski definition) is 1. The fraction of sp³-hybridized carbons (Fsp3) is 0.375. The van der Waals surface area contributed by atoms with E-state index >= 15 is 0 Å². The van der Waals surface area contributed by atoms with E-state index < -0.39 is 11.4 Å². The number of piperidine rings is 1. The molecule has 5 nitrogen and oxygen atoms in total. The average molecular weight is 411 g/mol. The maximum absolute atomic E-state index is 12.3. The van der Waals surface area contributed by atoms with Gasteiger partial charge in [-0.1, -0.05) is 0 Å². The second kappa shape index (κ2) is 6.37. The molecule has 2 aromatic rings. The molecule has 2 heterocycles. The number of nitrogens with zero attached hydrogens (tertiary/aromatic N) is 1. The third-order valence-corrected chi connectivity index (χ3v) is 4.85. The van der Waals surface area contributed by atoms with E-state index in [1.165, 1.54) is 6.20 Å². The maximum Gasteiger partial charge on any atom is 0.198 e. The van der Waals surface area contributed by atoms with Crippen molar-refractivity contribution in [2.45, 2.75) is 19.4 Å². The highest BCUT2D eigenvalue weighted by Gasteiger charge is 2.16. The van der Waals surface area contributed by atoms with Crippen molar-refractivity contribution in [1.82, 2.24) is 9.88 Å². The Bertz CT molecular complexity index is 779. The van der Waals surface area contributed by atoms with Crippen LogP contribution in [0.5, 0.6) is 0 Å². The summed E-state index contributed by atoms with van der Waals surface area (Å²) < 4.78 is 2.92. The number of hydrogen-bond acceptors (Lipinski definition) is 4. The molecule has 1 fully saturated rings. The van der Waals surface area contributed by atoms with Gasteiger partial charge in [0.25, 0.3) is 0 Å². The van der Waals surface area contributed by atoms with Crippen molar-refractivity contribution in [2.75, 3.05) is 13.1 Å². The van der Waals surface area contributed by atoms with Gasteiger partial charge < -0.3 is 19.8 Å². The van der Waals surface area contributed by atoms with E-state index in [-0.39, 0.29) is 5.56 Å². The lowest BCUT2D eigenvalue weighted by molar-refractivity contribution is -0.255. The van der Waals surface area contributed by atoms with Gasteiger partial charge in [0.2, 0.25) is 0 Å². The summed E-state index contributed by atoms with van der Waals surface area (Å²) in [5.74, 6) is -0.927. The first-order valence-electron chi connectivity index (χ1n) is 7.31. The molecule has 6 heteroatoms. The molecule has 1 aliphatic heterocycles. The van der Waals surface area contributed by atoms with Crippen LogP contribution in [-0.4, -0.2) is 23.6 Å². The van der Waals surface area contributed by atoms with Gasteiger partial charge in [-0.05, 0) is 72.6 Å². The number of carboxylic acids is 1. The van der Waals surface area contributed by atoms with E-state index in [1.54, 1.807) is 6.07 Å². The monoisotopic (exact) mass is 411 g/mol. The summed E-state index contributed by atoms with van der Waals surface area (Å²) in [4.78, 5) is 23.5. The third kappa shape index (κ3) is 3.03. The Kier molecular flexibility index (Phi) is 4.49. The van der Waals surface area contributed by atoms with Crippen LogP contribution in [0.25, 0.3) is 10.9 Å². The van der Waals surface area contributed by atoms with E-state index in [0.29, 0.717) is 11.3 Å². The largest absolute Gasteiger partial charge is 0.545 e. The Labute approximate surface area is 141 Å². The van der Waals surface area contributed by atoms with E-state index in [0.717, 1.165) is 41.6 Å². The molecule has 0 saturated carbocycles. The lowest BCUT2D eigenvalue weighted by Gasteiger charge is -2.25. The molecule has 3 rings (SSSR count). The Hall–Kier alpha value is -1.41. The Balaban J connectivity index is 2.13. The number of halogens is 1. The number of aromatic carboxylic acids is 1. The molecule has 0 radical (unpaired) electrons. The van der Waals surface area contributed by atoms with Crippen molar-refractivity contribution in [3.8, 4) is 0 Å². The normalized spacial score (nSPS) is 16.0. The lowest BCUT2D eigenvalue weighted by Crippen LogP contribution is -2.32. The molecule has 0 bridgehead atoms. The van der Waals surface area contributed by atoms with Crippen LogP contribution in [0.4, 0.5) is 0 Å². The van der Waals surface area contributed by atoms with E-state index in [9.17, 15) is 14.7 Å². The van der Waals surface area contributed by atoms with Crippen molar-refractivity contribution < 1.29 is 9.90 Å². The second-order valence-corrected chi connectivity index (χ2v) is 6.91. The summed E-state index contributed by atoms with van der Waals surface area (Å²) in [6, 6.07) is 5.44. The van der Waals surface area contributed by atoms with E-state index in [1.807, 2.05) is 16.7 Å². The molecule has 0 unspecified atom stereocenters. The maximum atomic E-state index is 12.3. The molecule has 0 spiro atoms. The summed E-state index contributed by atoms with van der Waals surface area (Å²) in [5.41, 5.74) is 0.0658. The molecule has 116 valence electrons. The zero-order chi connectivity index (χ0) is 15.7. The van der Waals surface area contributed by atoms with Crippen LogP contribution >= 0.6 is 22.6 Å². The number of nitrogens with one attached hydrogen (secondary N) is 1. The minimum Gasteiger partial charge on any atom is -0.545 e. The minimum atomic E-state index is -1.41. The van der Waals surface area contributed by atoms with Gasteiger partial charge in [0.05, 0.1) is 17.0 Å². The first kappa shape index (κ1) is 15.5. The topological polar surface area (TPSA) is 74.2 Å². The van der Waals surface area contributed by atoms with Crippen molar-refractivity contribution in [1.29, 1.82) is 0 Å². The van der Waals surface area contributed by atoms with Crippen molar-refractivity contribution in [2.24, 2.45) is 5.92 Å². The molecule has 1 saturated heterocycles. The van der Waals surface area contributed by atoms with E-state index in [4.69, 9.17) is 0 Å². The van der Waals surface area contributed by atoms with Crippen LogP contribution in [-0.2, 0) is 6.54 Å². The number of carbonyl (C=O) groups is 1. The van der Waals surface area contributed by atoms with Crippen LogP contribution in [0.3, 0.4) is 0 Å². The van der Waals surface area contributed by atoms with Crippen LogP contribution < -0.4 is 15.9 Å². The molecule has 0 amide bonds. The van der Waals surface area contributed by atoms with E-state index in [2.05, 4.69) is 27.9 Å². The SMILES string of the molecule is O=C([O-])c1cn(CC2CCNCC2)c2cc(I)ccc2c1=O. The number of rotatable bonds is 3. The molecule has 1 N–H and O–H groups in total. The summed E-state index contributed by atoms with van der Waals surface area (Å²) in [7, 11) is 0. The number of carboxylic acid groups (broad SMARTS) is 1. The first-order chi connectivity index (χ1) is 10.6. The minimum absolute atomic E-state index is 0.261. The van der Waals surface area contributed by atoms with Gasteiger partial charge in [0, 0.05) is 21.7 Å². The van der Waals surface area contributed by atoms with Crippen LogP contribution in [0.2, 0.25) is 0 Å². The fourth-order valence-corrected chi connectivity index (χ4v) is 3.48. The first-order valence-corrected chi connectivity index (χ1v) is 8.39. The highest BCUT2D eigenvalue weighted by molar-refractivity contribution is 14.1. The smallest absolute Gasteiger partial charge is 0.198 e. The number of carbonyl (C=O) groups excluding carboxylic acids is 1. The number of pyridine rings is 1. The quantitative estimate of drug-likeness (QED) is 0.765. The summed E-state index contributed by atoms with van der Waals surface area (Å²) >= 11 is 2.20. The summed E-state index contributed by atoms with van der Waals surface area (Å²) in [5, 5.41) is 15.0. The molecular weight excluding hydrogens is 395 g/mol. The van der Waals surface area contributed by atoms with Gasteiger partial charge >= 0.3 is 0 Å². The van der Waals surface area contributed by atoms with Crippen molar-refractivity contribution >= 4 is 39.5 Å². The average Bonchev–Trinajstić information content (AvgIpc) is 2.50. The van der Waals surface area contributed by atoms with Crippen LogP contribution in [0.1, 0.15) is 23.2 Å². The predicted octanol–water partition coefficient (Wildman–Crippen LogP) is 0.969. The van der Waals surface area contributed by atoms with Gasteiger partial charge in [-0.15, -0.1) is 0 Å². The second-order valence-electron chi connectivity index (χ2n) is 5.67. The fourth-order valence-electron chi connectivity index (χ4n) is 3.00. The standard InChI is InChI=1S/C16H17IN2O3/c17-11-1-2-12-14(7-11)19(8-10-3-5-18-6-4-10)9-13(15(12)20)16(21)22/h1-2,7,9-10,18H,3-6,8H2,(H,21,22)/p-1. The Morgan fingerprint density at radius 1 is 1.36 bits per heavy atom. The lowest BCUT2D eigenvalue weighted by atomic mass is 9.97. The Morgan fingerprint density at radius 2 is 2.09 bits per heavy atom. The highest BCUT2D eigenvalue weighted by atomic mass is 127. The number of fused-ring (bicyclic) bond motifs is 1. The predicted molar refractivity (Wildman–Crippen MR) is 90.8 cm³/mol. The molecule has 1 aromatic heterocycles.